The van der Waals surface area contributed by atoms with Gasteiger partial charge in [-0.15, -0.1) is 0 Å². The van der Waals surface area contributed by atoms with Gasteiger partial charge in [0.15, 0.2) is 5.78 Å². The van der Waals surface area contributed by atoms with Gasteiger partial charge in [-0.1, -0.05) is 23.2 Å². The summed E-state index contributed by atoms with van der Waals surface area (Å²) in [5, 5.41) is 5.65. The van der Waals surface area contributed by atoms with E-state index < -0.39 is 0 Å². The number of aromatic nitrogens is 4. The topological polar surface area (TPSA) is 67.2 Å². The molecule has 1 aliphatic rings. The van der Waals surface area contributed by atoms with Crippen molar-refractivity contribution in [2.45, 2.75) is 27.2 Å². The van der Waals surface area contributed by atoms with Crippen molar-refractivity contribution in [3.63, 3.8) is 0 Å². The number of benzene rings is 1. The fraction of sp³-hybridized carbons (Fsp3) is 0.391. The number of rotatable bonds is 6. The minimum Gasteiger partial charge on any atom is -0.369 e. The third-order valence-corrected chi connectivity index (χ3v) is 6.15. The largest absolute Gasteiger partial charge is 0.369 e. The van der Waals surface area contributed by atoms with Crippen LogP contribution in [-0.4, -0.2) is 63.2 Å². The average molecular weight is 473 g/mol. The summed E-state index contributed by atoms with van der Waals surface area (Å²) >= 11 is 12.3. The maximum absolute atomic E-state index is 12.9. The van der Waals surface area contributed by atoms with Crippen molar-refractivity contribution in [2.24, 2.45) is 0 Å². The van der Waals surface area contributed by atoms with Crippen LogP contribution in [0, 0.1) is 20.8 Å². The summed E-state index contributed by atoms with van der Waals surface area (Å²) in [6.45, 7) is 9.94. The zero-order chi connectivity index (χ0) is 22.8. The summed E-state index contributed by atoms with van der Waals surface area (Å²) in [5.74, 6) is 0.582. The first-order valence-electron chi connectivity index (χ1n) is 10.6. The van der Waals surface area contributed by atoms with E-state index in [4.69, 9.17) is 23.2 Å². The molecule has 7 nitrogen and oxygen atoms in total. The summed E-state index contributed by atoms with van der Waals surface area (Å²) in [6.07, 6.45) is 2.07. The third kappa shape index (κ3) is 5.11. The highest BCUT2D eigenvalue weighted by Crippen LogP contribution is 2.26. The number of nitrogens with zero attached hydrogens (tertiary/aromatic N) is 6. The lowest BCUT2D eigenvalue weighted by Gasteiger charge is -2.36. The van der Waals surface area contributed by atoms with Crippen molar-refractivity contribution in [3.05, 3.63) is 63.2 Å². The highest BCUT2D eigenvalue weighted by atomic mass is 35.5. The number of carbonyl (C=O) groups is 1. The monoisotopic (exact) mass is 472 g/mol. The highest BCUT2D eigenvalue weighted by molar-refractivity contribution is 6.35. The van der Waals surface area contributed by atoms with E-state index in [0.29, 0.717) is 34.5 Å². The molecule has 4 rings (SSSR count). The standard InChI is InChI=1S/C23H26Cl2N6O/c1-15-10-16(2)28-23(27-15)31-17(3)21(14-26-31)22(32)4-5-29-6-8-30(9-7-29)20-12-18(24)11-19(25)13-20/h10-14H,4-9H2,1-3H3. The molecule has 0 atom stereocenters. The smallest absolute Gasteiger partial charge is 0.251 e. The van der Waals surface area contributed by atoms with Crippen LogP contribution in [0.3, 0.4) is 0 Å². The van der Waals surface area contributed by atoms with Gasteiger partial charge in [-0.2, -0.15) is 5.10 Å². The quantitative estimate of drug-likeness (QED) is 0.498. The van der Waals surface area contributed by atoms with Crippen molar-refractivity contribution in [3.8, 4) is 5.95 Å². The van der Waals surface area contributed by atoms with Crippen LogP contribution in [0.25, 0.3) is 5.95 Å². The molecule has 0 bridgehead atoms. The van der Waals surface area contributed by atoms with Crippen molar-refractivity contribution >= 4 is 34.7 Å². The molecule has 32 heavy (non-hydrogen) atoms. The third-order valence-electron chi connectivity index (χ3n) is 5.71. The molecule has 0 saturated carbocycles. The Bertz CT molecular complexity index is 1100. The number of aryl methyl sites for hydroxylation is 2. The molecule has 0 N–H and O–H groups in total. The first kappa shape index (κ1) is 22.7. The van der Waals surface area contributed by atoms with Crippen LogP contribution in [0.5, 0.6) is 0 Å². The number of carbonyl (C=O) groups excluding carboxylic acids is 1. The lowest BCUT2D eigenvalue weighted by molar-refractivity contribution is 0.0962. The van der Waals surface area contributed by atoms with Gasteiger partial charge in [-0.25, -0.2) is 14.6 Å². The Balaban J connectivity index is 1.34. The molecule has 1 aromatic carbocycles. The van der Waals surface area contributed by atoms with Gasteiger partial charge in [0, 0.05) is 66.3 Å². The molecule has 0 aliphatic carbocycles. The Kier molecular flexibility index (Phi) is 6.79. The number of hydrogen-bond acceptors (Lipinski definition) is 6. The van der Waals surface area contributed by atoms with Crippen molar-refractivity contribution in [2.75, 3.05) is 37.6 Å². The van der Waals surface area contributed by atoms with Gasteiger partial charge in [0.05, 0.1) is 17.5 Å². The number of halogens is 2. The first-order chi connectivity index (χ1) is 15.3. The molecule has 1 saturated heterocycles. The van der Waals surface area contributed by atoms with Gasteiger partial charge in [-0.05, 0) is 45.0 Å². The fourth-order valence-electron chi connectivity index (χ4n) is 4.03. The molecular formula is C23H26Cl2N6O. The van der Waals surface area contributed by atoms with Crippen molar-refractivity contribution < 1.29 is 4.79 Å². The lowest BCUT2D eigenvalue weighted by atomic mass is 10.1. The predicted molar refractivity (Wildman–Crippen MR) is 127 cm³/mol. The molecule has 0 spiro atoms. The van der Waals surface area contributed by atoms with E-state index in [-0.39, 0.29) is 5.78 Å². The van der Waals surface area contributed by atoms with E-state index in [1.54, 1.807) is 16.9 Å². The Morgan fingerprint density at radius 1 is 0.938 bits per heavy atom. The van der Waals surface area contributed by atoms with Crippen molar-refractivity contribution in [1.29, 1.82) is 0 Å². The minimum absolute atomic E-state index is 0.0853. The minimum atomic E-state index is 0.0853. The van der Waals surface area contributed by atoms with Crippen LogP contribution >= 0.6 is 23.2 Å². The SMILES string of the molecule is Cc1cc(C)nc(-n2ncc(C(=O)CCN3CCN(c4cc(Cl)cc(Cl)c4)CC3)c2C)n1. The average Bonchev–Trinajstić information content (AvgIpc) is 3.12. The van der Waals surface area contributed by atoms with E-state index in [2.05, 4.69) is 24.9 Å². The Labute approximate surface area is 198 Å². The van der Waals surface area contributed by atoms with Gasteiger partial charge in [0.25, 0.3) is 5.95 Å². The molecule has 0 radical (unpaired) electrons. The summed E-state index contributed by atoms with van der Waals surface area (Å²) in [6, 6.07) is 7.53. The maximum atomic E-state index is 12.9. The van der Waals surface area contributed by atoms with E-state index in [9.17, 15) is 4.79 Å². The number of anilines is 1. The molecule has 1 fully saturated rings. The summed E-state index contributed by atoms with van der Waals surface area (Å²) in [7, 11) is 0. The summed E-state index contributed by atoms with van der Waals surface area (Å²) in [4.78, 5) is 26.4. The van der Waals surface area contributed by atoms with Crippen molar-refractivity contribution in [1.82, 2.24) is 24.6 Å². The van der Waals surface area contributed by atoms with E-state index >= 15 is 0 Å². The van der Waals surface area contributed by atoms with Gasteiger partial charge >= 0.3 is 0 Å². The Hall–Kier alpha value is -2.48. The molecule has 3 heterocycles. The van der Waals surface area contributed by atoms with Crippen LogP contribution in [0.2, 0.25) is 10.0 Å². The van der Waals surface area contributed by atoms with Crippen LogP contribution in [0.15, 0.2) is 30.5 Å². The Morgan fingerprint density at radius 2 is 1.56 bits per heavy atom. The van der Waals surface area contributed by atoms with Gasteiger partial charge < -0.3 is 4.90 Å². The second-order valence-corrected chi connectivity index (χ2v) is 9.01. The van der Waals surface area contributed by atoms with Gasteiger partial charge in [-0.3, -0.25) is 9.69 Å². The number of hydrogen-bond donors (Lipinski definition) is 0. The number of Topliss-reactive ketones (excluding diaryl/α,β-unsaturated/α-hetero) is 1. The van der Waals surface area contributed by atoms with Crippen LogP contribution in [0.4, 0.5) is 5.69 Å². The zero-order valence-electron chi connectivity index (χ0n) is 18.5. The van der Waals surface area contributed by atoms with Gasteiger partial charge in [0.2, 0.25) is 0 Å². The molecule has 9 heteroatoms. The second kappa shape index (κ2) is 9.57. The molecule has 168 valence electrons. The molecular weight excluding hydrogens is 447 g/mol. The molecule has 3 aromatic rings. The maximum Gasteiger partial charge on any atom is 0.251 e. The van der Waals surface area contributed by atoms with Gasteiger partial charge in [0.1, 0.15) is 0 Å². The zero-order valence-corrected chi connectivity index (χ0v) is 20.0. The summed E-state index contributed by atoms with van der Waals surface area (Å²) in [5.41, 5.74) is 4.17. The molecule has 2 aromatic heterocycles. The highest BCUT2D eigenvalue weighted by Gasteiger charge is 2.21. The Morgan fingerprint density at radius 3 is 2.19 bits per heavy atom. The van der Waals surface area contributed by atoms with E-state index in [1.807, 2.05) is 39.0 Å². The molecule has 1 aliphatic heterocycles. The normalized spacial score (nSPS) is 14.7. The molecule has 0 amide bonds. The van der Waals surface area contributed by atoms with Crippen LogP contribution in [0.1, 0.15) is 33.9 Å². The first-order valence-corrected chi connectivity index (χ1v) is 11.4. The molecule has 0 unspecified atom stereocenters. The van der Waals surface area contributed by atoms with Crippen LogP contribution in [-0.2, 0) is 0 Å². The van der Waals surface area contributed by atoms with Crippen LogP contribution < -0.4 is 4.90 Å². The second-order valence-electron chi connectivity index (χ2n) is 8.14. The van der Waals surface area contributed by atoms with E-state index in [1.165, 1.54) is 0 Å². The number of ketones is 1. The fourth-order valence-corrected chi connectivity index (χ4v) is 4.55. The summed E-state index contributed by atoms with van der Waals surface area (Å²) < 4.78 is 1.64. The predicted octanol–water partition coefficient (Wildman–Crippen LogP) is 4.29. The van der Waals surface area contributed by atoms with E-state index in [0.717, 1.165) is 48.9 Å². The number of piperazine rings is 1. The lowest BCUT2D eigenvalue weighted by Crippen LogP contribution is -2.46.